The van der Waals surface area contributed by atoms with Crippen LogP contribution in [0.4, 0.5) is 10.5 Å². The number of carbonyl (C=O) groups is 1. The molecule has 2 aliphatic rings. The molecule has 2 aromatic rings. The number of anilines is 1. The zero-order valence-electron chi connectivity index (χ0n) is 14.3. The molecule has 5 heteroatoms. The number of hydrogen-bond acceptors (Lipinski definition) is 3. The average molecular weight is 337 g/mol. The minimum atomic E-state index is -0.0689. The molecule has 1 fully saturated rings. The Morgan fingerprint density at radius 2 is 2.04 bits per heavy atom. The fourth-order valence-electron chi connectivity index (χ4n) is 3.64. The maximum atomic E-state index is 12.6. The van der Waals surface area contributed by atoms with Crippen LogP contribution in [-0.4, -0.2) is 23.7 Å². The van der Waals surface area contributed by atoms with Crippen molar-refractivity contribution in [2.24, 2.45) is 0 Å². The van der Waals surface area contributed by atoms with Crippen LogP contribution in [0.1, 0.15) is 36.8 Å². The van der Waals surface area contributed by atoms with Gasteiger partial charge in [-0.05, 0) is 49.8 Å². The van der Waals surface area contributed by atoms with Crippen LogP contribution < -0.4 is 15.0 Å². The summed E-state index contributed by atoms with van der Waals surface area (Å²) in [6.45, 7) is 1.15. The summed E-state index contributed by atoms with van der Waals surface area (Å²) in [6.07, 6.45) is 7.53. The number of rotatable bonds is 4. The first-order valence-corrected chi connectivity index (χ1v) is 9.05. The smallest absolute Gasteiger partial charge is 0.322 e. The summed E-state index contributed by atoms with van der Waals surface area (Å²) in [7, 11) is 0. The Hall–Kier alpha value is -2.56. The second kappa shape index (κ2) is 7.13. The molecule has 5 nitrogen and oxygen atoms in total. The Bertz CT molecular complexity index is 756. The summed E-state index contributed by atoms with van der Waals surface area (Å²) in [5, 5.41) is 3.01. The summed E-state index contributed by atoms with van der Waals surface area (Å²) >= 11 is 0. The van der Waals surface area contributed by atoms with Crippen LogP contribution in [-0.2, 0) is 13.0 Å². The van der Waals surface area contributed by atoms with Crippen LogP contribution >= 0.6 is 0 Å². The van der Waals surface area contributed by atoms with Crippen LogP contribution in [0.3, 0.4) is 0 Å². The van der Waals surface area contributed by atoms with Crippen molar-refractivity contribution in [2.45, 2.75) is 44.8 Å². The molecule has 0 unspecified atom stereocenters. The van der Waals surface area contributed by atoms with E-state index < -0.39 is 0 Å². The molecule has 2 heterocycles. The number of nitrogens with zero attached hydrogens (tertiary/aromatic N) is 2. The monoisotopic (exact) mass is 337 g/mol. The minimum absolute atomic E-state index is 0.0689. The molecule has 0 radical (unpaired) electrons. The van der Waals surface area contributed by atoms with Gasteiger partial charge in [0.1, 0.15) is 6.10 Å². The first-order valence-electron chi connectivity index (χ1n) is 9.05. The number of carbonyl (C=O) groups excluding carboxylic acids is 1. The fraction of sp³-hybridized carbons (Fsp3) is 0.400. The zero-order chi connectivity index (χ0) is 17.1. The van der Waals surface area contributed by atoms with Crippen LogP contribution in [0.25, 0.3) is 0 Å². The third kappa shape index (κ3) is 3.45. The van der Waals surface area contributed by atoms with Gasteiger partial charge in [0.2, 0.25) is 5.88 Å². The molecule has 1 aromatic heterocycles. The number of aromatic nitrogens is 1. The van der Waals surface area contributed by atoms with E-state index in [0.717, 1.165) is 37.1 Å². The van der Waals surface area contributed by atoms with E-state index >= 15 is 0 Å². The van der Waals surface area contributed by atoms with Gasteiger partial charge in [0.25, 0.3) is 0 Å². The van der Waals surface area contributed by atoms with Crippen molar-refractivity contribution in [1.29, 1.82) is 0 Å². The molecule has 0 atom stereocenters. The molecule has 130 valence electrons. The lowest BCUT2D eigenvalue weighted by molar-refractivity contribution is 0.199. The van der Waals surface area contributed by atoms with Crippen molar-refractivity contribution < 1.29 is 9.53 Å². The van der Waals surface area contributed by atoms with Crippen molar-refractivity contribution >= 4 is 11.7 Å². The molecule has 1 aromatic carbocycles. The maximum Gasteiger partial charge on any atom is 0.322 e. The molecule has 1 aliphatic carbocycles. The van der Waals surface area contributed by atoms with E-state index in [1.165, 1.54) is 18.4 Å². The van der Waals surface area contributed by atoms with Crippen molar-refractivity contribution in [2.75, 3.05) is 11.4 Å². The highest BCUT2D eigenvalue weighted by atomic mass is 16.5. The maximum absolute atomic E-state index is 12.6. The molecule has 25 heavy (non-hydrogen) atoms. The third-order valence-corrected chi connectivity index (χ3v) is 4.99. The fourth-order valence-corrected chi connectivity index (χ4v) is 3.64. The highest BCUT2D eigenvalue weighted by Crippen LogP contribution is 2.28. The SMILES string of the molecule is O=C(NCc1cccnc1OC1CCCC1)N1CCc2ccccc21. The van der Waals surface area contributed by atoms with Gasteiger partial charge in [-0.2, -0.15) is 0 Å². The molecule has 4 rings (SSSR count). The van der Waals surface area contributed by atoms with E-state index in [1.807, 2.05) is 35.2 Å². The van der Waals surface area contributed by atoms with Gasteiger partial charge in [-0.25, -0.2) is 9.78 Å². The predicted molar refractivity (Wildman–Crippen MR) is 96.8 cm³/mol. The Morgan fingerprint density at radius 3 is 2.92 bits per heavy atom. The molecular weight excluding hydrogens is 314 g/mol. The van der Waals surface area contributed by atoms with Gasteiger partial charge in [-0.3, -0.25) is 4.90 Å². The summed E-state index contributed by atoms with van der Waals surface area (Å²) < 4.78 is 6.04. The number of nitrogens with one attached hydrogen (secondary N) is 1. The van der Waals surface area contributed by atoms with E-state index in [4.69, 9.17) is 4.74 Å². The van der Waals surface area contributed by atoms with Crippen LogP contribution in [0.5, 0.6) is 5.88 Å². The molecule has 1 saturated carbocycles. The first-order chi connectivity index (χ1) is 12.3. The second-order valence-corrected chi connectivity index (χ2v) is 6.68. The topological polar surface area (TPSA) is 54.5 Å². The van der Waals surface area contributed by atoms with Gasteiger partial charge >= 0.3 is 6.03 Å². The van der Waals surface area contributed by atoms with E-state index in [1.54, 1.807) is 6.20 Å². The van der Waals surface area contributed by atoms with Gasteiger partial charge in [0.15, 0.2) is 0 Å². The van der Waals surface area contributed by atoms with E-state index in [9.17, 15) is 4.79 Å². The normalized spacial score (nSPS) is 16.7. The highest BCUT2D eigenvalue weighted by Gasteiger charge is 2.24. The predicted octanol–water partition coefficient (Wildman–Crippen LogP) is 3.68. The largest absolute Gasteiger partial charge is 0.474 e. The van der Waals surface area contributed by atoms with E-state index in [2.05, 4.69) is 16.4 Å². The number of urea groups is 1. The quantitative estimate of drug-likeness (QED) is 0.926. The Balaban J connectivity index is 1.41. The van der Waals surface area contributed by atoms with Crippen LogP contribution in [0.15, 0.2) is 42.6 Å². The Morgan fingerprint density at radius 1 is 1.20 bits per heavy atom. The average Bonchev–Trinajstić information content (AvgIpc) is 3.30. The number of pyridine rings is 1. The summed E-state index contributed by atoms with van der Waals surface area (Å²) in [5.41, 5.74) is 3.16. The summed E-state index contributed by atoms with van der Waals surface area (Å²) in [4.78, 5) is 18.8. The lowest BCUT2D eigenvalue weighted by Gasteiger charge is -2.19. The molecular formula is C20H23N3O2. The summed E-state index contributed by atoms with van der Waals surface area (Å²) in [5.74, 6) is 0.650. The van der Waals surface area contributed by atoms with Crippen molar-refractivity contribution in [3.8, 4) is 5.88 Å². The van der Waals surface area contributed by atoms with Gasteiger partial charge < -0.3 is 10.1 Å². The Kier molecular flexibility index (Phi) is 4.55. The van der Waals surface area contributed by atoms with E-state index in [0.29, 0.717) is 12.4 Å². The van der Waals surface area contributed by atoms with Crippen LogP contribution in [0.2, 0.25) is 0 Å². The molecule has 0 bridgehead atoms. The first kappa shape index (κ1) is 15.9. The van der Waals surface area contributed by atoms with Crippen LogP contribution in [0, 0.1) is 0 Å². The van der Waals surface area contributed by atoms with Crippen molar-refractivity contribution in [3.05, 3.63) is 53.7 Å². The zero-order valence-corrected chi connectivity index (χ0v) is 14.3. The third-order valence-electron chi connectivity index (χ3n) is 4.99. The number of amides is 2. The lowest BCUT2D eigenvalue weighted by Crippen LogP contribution is -2.38. The van der Waals surface area contributed by atoms with Gasteiger partial charge in [0.05, 0.1) is 0 Å². The number of ether oxygens (including phenoxy) is 1. The Labute approximate surface area is 148 Å². The van der Waals surface area contributed by atoms with E-state index in [-0.39, 0.29) is 12.1 Å². The summed E-state index contributed by atoms with van der Waals surface area (Å²) in [6, 6.07) is 11.9. The number of benzene rings is 1. The molecule has 1 aliphatic heterocycles. The molecule has 0 saturated heterocycles. The minimum Gasteiger partial charge on any atom is -0.474 e. The number of hydrogen-bond donors (Lipinski definition) is 1. The lowest BCUT2D eigenvalue weighted by atomic mass is 10.2. The van der Waals surface area contributed by atoms with Gasteiger partial charge in [-0.15, -0.1) is 0 Å². The number of fused-ring (bicyclic) bond motifs is 1. The highest BCUT2D eigenvalue weighted by molar-refractivity contribution is 5.94. The van der Waals surface area contributed by atoms with Crippen molar-refractivity contribution in [3.63, 3.8) is 0 Å². The number of para-hydroxylation sites is 1. The molecule has 0 spiro atoms. The standard InChI is InChI=1S/C20H23N3O2/c24-20(23-13-11-15-6-1-4-10-18(15)23)22-14-16-7-5-12-21-19(16)25-17-8-2-3-9-17/h1,4-7,10,12,17H,2-3,8-9,11,13-14H2,(H,22,24). The second-order valence-electron chi connectivity index (χ2n) is 6.68. The van der Waals surface area contributed by atoms with Crippen molar-refractivity contribution in [1.82, 2.24) is 10.3 Å². The van der Waals surface area contributed by atoms with Gasteiger partial charge in [0, 0.05) is 30.5 Å². The van der Waals surface area contributed by atoms with Gasteiger partial charge in [-0.1, -0.05) is 24.3 Å². The molecule has 2 amide bonds. The molecule has 1 N–H and O–H groups in total.